The first-order valence-corrected chi connectivity index (χ1v) is 16.6. The van der Waals surface area contributed by atoms with Crippen molar-refractivity contribution in [1.29, 1.82) is 0 Å². The van der Waals surface area contributed by atoms with Gasteiger partial charge in [-0.2, -0.15) is 0 Å². The predicted molar refractivity (Wildman–Crippen MR) is 190 cm³/mol. The van der Waals surface area contributed by atoms with Gasteiger partial charge >= 0.3 is 0 Å². The number of aromatic amines is 1. The second-order valence-corrected chi connectivity index (χ2v) is 13.0. The summed E-state index contributed by atoms with van der Waals surface area (Å²) in [7, 11) is 0. The van der Waals surface area contributed by atoms with E-state index in [1.807, 2.05) is 97.3 Å². The monoisotopic (exact) mass is 663 g/mol. The number of halogens is 2. The van der Waals surface area contributed by atoms with Crippen LogP contribution in [0.25, 0.3) is 33.4 Å². The number of amides is 1. The molecule has 1 fully saturated rings. The second kappa shape index (κ2) is 13.4. The lowest BCUT2D eigenvalue weighted by Gasteiger charge is -2.20. The molecule has 7 rings (SSSR count). The van der Waals surface area contributed by atoms with Crippen molar-refractivity contribution in [1.82, 2.24) is 19.4 Å². The number of carbonyl (C=O) groups is 1. The molecule has 0 bridgehead atoms. The Hall–Kier alpha value is -4.40. The summed E-state index contributed by atoms with van der Waals surface area (Å²) in [4.78, 5) is 25.3. The highest BCUT2D eigenvalue weighted by molar-refractivity contribution is 6.31. The van der Waals surface area contributed by atoms with E-state index in [-0.39, 0.29) is 18.6 Å². The smallest absolute Gasteiger partial charge is 0.272 e. The predicted octanol–water partition coefficient (Wildman–Crippen LogP) is 8.95. The van der Waals surface area contributed by atoms with E-state index < -0.39 is 0 Å². The number of aliphatic hydroxyl groups is 1. The zero-order chi connectivity index (χ0) is 32.5. The topological polar surface area (TPSA) is 86.2 Å². The van der Waals surface area contributed by atoms with Crippen LogP contribution in [-0.2, 0) is 13.2 Å². The molecule has 9 heteroatoms. The first-order chi connectivity index (χ1) is 22.9. The number of aliphatic hydroxyl groups excluding tert-OH is 1. The van der Waals surface area contributed by atoms with Crippen LogP contribution in [0.4, 0.5) is 5.69 Å². The normalized spacial score (nSPS) is 14.1. The highest BCUT2D eigenvalue weighted by Crippen LogP contribution is 2.41. The molecule has 1 saturated heterocycles. The van der Waals surface area contributed by atoms with Crippen molar-refractivity contribution in [2.75, 3.05) is 18.4 Å². The molecule has 0 spiro atoms. The van der Waals surface area contributed by atoms with Crippen LogP contribution >= 0.6 is 23.2 Å². The molecular weight excluding hydrogens is 629 g/mol. The zero-order valence-corrected chi connectivity index (χ0v) is 27.5. The number of imidazole rings is 1. The standard InChI is InChI=1S/C38H35Cl2N5O2/c1-24(26-11-13-29(39)14-12-26)45-23-41-35(27-7-3-2-4-8-27)37(45)34-31-16-15-30(40)20-33(31)42-36(34)38(47)43-32-19-25(22-46)9-10-28(32)21-44-17-5-6-18-44/h2-4,7-16,19-20,23-24,42,46H,5-6,17-18,21-22H2,1H3,(H,43,47)/t24-/m0/s1. The lowest BCUT2D eigenvalue weighted by atomic mass is 9.99. The van der Waals surface area contributed by atoms with Crippen molar-refractivity contribution in [3.8, 4) is 22.5 Å². The number of carbonyl (C=O) groups excluding carboxylic acids is 1. The Balaban J connectivity index is 1.40. The minimum atomic E-state index is -0.295. The first kappa shape index (κ1) is 31.2. The van der Waals surface area contributed by atoms with E-state index in [0.29, 0.717) is 21.4 Å². The molecule has 3 heterocycles. The minimum absolute atomic E-state index is 0.120. The number of nitrogens with one attached hydrogen (secondary N) is 2. The van der Waals surface area contributed by atoms with Gasteiger partial charge in [-0.1, -0.05) is 83.9 Å². The number of likely N-dealkylation sites (tertiary alicyclic amines) is 1. The number of nitrogens with zero attached hydrogens (tertiary/aromatic N) is 3. The van der Waals surface area contributed by atoms with Gasteiger partial charge in [0.1, 0.15) is 5.69 Å². The summed E-state index contributed by atoms with van der Waals surface area (Å²) in [5, 5.41) is 15.2. The third-order valence-electron chi connectivity index (χ3n) is 9.03. The molecule has 4 aromatic carbocycles. The molecule has 1 aliphatic heterocycles. The van der Waals surface area contributed by atoms with E-state index in [0.717, 1.165) is 69.7 Å². The average Bonchev–Trinajstić information content (AvgIpc) is 3.84. The van der Waals surface area contributed by atoms with E-state index in [4.69, 9.17) is 28.2 Å². The number of hydrogen-bond acceptors (Lipinski definition) is 4. The Kier molecular flexibility index (Phi) is 8.88. The number of H-pyrrole nitrogens is 1. The second-order valence-electron chi connectivity index (χ2n) is 12.1. The van der Waals surface area contributed by atoms with Gasteiger partial charge in [0, 0.05) is 44.3 Å². The molecule has 0 aliphatic carbocycles. The van der Waals surface area contributed by atoms with Crippen molar-refractivity contribution in [3.05, 3.63) is 130 Å². The largest absolute Gasteiger partial charge is 0.392 e. The summed E-state index contributed by atoms with van der Waals surface area (Å²) in [5.41, 5.74) is 7.83. The Morgan fingerprint density at radius 1 is 0.957 bits per heavy atom. The number of benzene rings is 4. The molecule has 238 valence electrons. The van der Waals surface area contributed by atoms with Crippen molar-refractivity contribution in [2.24, 2.45) is 0 Å². The summed E-state index contributed by atoms with van der Waals surface area (Å²) < 4.78 is 2.12. The zero-order valence-electron chi connectivity index (χ0n) is 26.0. The summed E-state index contributed by atoms with van der Waals surface area (Å²) in [6.07, 6.45) is 4.18. The Labute approximate surface area is 283 Å². The average molecular weight is 665 g/mol. The van der Waals surface area contributed by atoms with Crippen LogP contribution in [0.15, 0.2) is 97.3 Å². The van der Waals surface area contributed by atoms with E-state index in [1.165, 1.54) is 12.8 Å². The number of aromatic nitrogens is 3. The van der Waals surface area contributed by atoms with E-state index in [2.05, 4.69) is 26.7 Å². The highest BCUT2D eigenvalue weighted by atomic mass is 35.5. The minimum Gasteiger partial charge on any atom is -0.392 e. The van der Waals surface area contributed by atoms with Gasteiger partial charge in [-0.15, -0.1) is 0 Å². The molecule has 7 nitrogen and oxygen atoms in total. The maximum Gasteiger partial charge on any atom is 0.272 e. The molecule has 1 amide bonds. The lowest BCUT2D eigenvalue weighted by Crippen LogP contribution is -2.21. The van der Waals surface area contributed by atoms with Crippen molar-refractivity contribution >= 4 is 45.7 Å². The van der Waals surface area contributed by atoms with Gasteiger partial charge in [0.2, 0.25) is 0 Å². The van der Waals surface area contributed by atoms with Crippen molar-refractivity contribution in [2.45, 2.75) is 39.0 Å². The van der Waals surface area contributed by atoms with Crippen LogP contribution in [0.1, 0.15) is 53.0 Å². The van der Waals surface area contributed by atoms with Gasteiger partial charge in [-0.05, 0) is 79.9 Å². The van der Waals surface area contributed by atoms with Crippen LogP contribution < -0.4 is 5.32 Å². The molecule has 0 unspecified atom stereocenters. The van der Waals surface area contributed by atoms with E-state index >= 15 is 0 Å². The maximum absolute atomic E-state index is 14.5. The summed E-state index contributed by atoms with van der Waals surface area (Å²) in [6, 6.07) is 29.1. The van der Waals surface area contributed by atoms with Crippen molar-refractivity contribution < 1.29 is 9.90 Å². The molecule has 0 saturated carbocycles. The summed E-state index contributed by atoms with van der Waals surface area (Å²) in [6.45, 7) is 4.77. The van der Waals surface area contributed by atoms with Crippen LogP contribution in [0, 0.1) is 0 Å². The van der Waals surface area contributed by atoms with Gasteiger partial charge in [0.15, 0.2) is 0 Å². The van der Waals surface area contributed by atoms with Crippen LogP contribution in [0.2, 0.25) is 10.0 Å². The summed E-state index contributed by atoms with van der Waals surface area (Å²) in [5.74, 6) is -0.295. The number of rotatable bonds is 9. The Morgan fingerprint density at radius 2 is 1.70 bits per heavy atom. The Morgan fingerprint density at radius 3 is 2.45 bits per heavy atom. The molecule has 1 aliphatic rings. The third kappa shape index (κ3) is 6.32. The maximum atomic E-state index is 14.5. The highest BCUT2D eigenvalue weighted by Gasteiger charge is 2.28. The summed E-state index contributed by atoms with van der Waals surface area (Å²) >= 11 is 12.7. The van der Waals surface area contributed by atoms with Crippen molar-refractivity contribution in [3.63, 3.8) is 0 Å². The Bertz CT molecular complexity index is 2050. The number of anilines is 1. The third-order valence-corrected chi connectivity index (χ3v) is 9.52. The van der Waals surface area contributed by atoms with Crippen LogP contribution in [0.5, 0.6) is 0 Å². The van der Waals surface area contributed by atoms with Gasteiger partial charge in [-0.25, -0.2) is 4.98 Å². The number of hydrogen-bond donors (Lipinski definition) is 3. The molecule has 6 aromatic rings. The van der Waals surface area contributed by atoms with E-state index in [1.54, 1.807) is 0 Å². The quantitative estimate of drug-likeness (QED) is 0.144. The fraction of sp³-hybridized carbons (Fsp3) is 0.211. The number of fused-ring (bicyclic) bond motifs is 1. The fourth-order valence-electron chi connectivity index (χ4n) is 6.54. The van der Waals surface area contributed by atoms with Gasteiger partial charge in [0.25, 0.3) is 5.91 Å². The lowest BCUT2D eigenvalue weighted by molar-refractivity contribution is 0.102. The van der Waals surface area contributed by atoms with Gasteiger partial charge in [0.05, 0.1) is 30.4 Å². The van der Waals surface area contributed by atoms with Crippen LogP contribution in [0.3, 0.4) is 0 Å². The fourth-order valence-corrected chi connectivity index (χ4v) is 6.84. The molecule has 3 N–H and O–H groups in total. The van der Waals surface area contributed by atoms with Crippen LogP contribution in [-0.4, -0.2) is 43.5 Å². The van der Waals surface area contributed by atoms with Gasteiger partial charge < -0.3 is 20.0 Å². The molecule has 2 aromatic heterocycles. The van der Waals surface area contributed by atoms with Gasteiger partial charge in [-0.3, -0.25) is 9.69 Å². The molecule has 0 radical (unpaired) electrons. The molecular formula is C38H35Cl2N5O2. The molecule has 47 heavy (non-hydrogen) atoms. The first-order valence-electron chi connectivity index (χ1n) is 15.9. The van der Waals surface area contributed by atoms with E-state index in [9.17, 15) is 9.90 Å². The SMILES string of the molecule is C[C@@H](c1ccc(Cl)cc1)n1cnc(-c2ccccc2)c1-c1c(C(=O)Nc2cc(CO)ccc2CN2CCCC2)[nH]c2cc(Cl)ccc12. The molecule has 1 atom stereocenters.